The van der Waals surface area contributed by atoms with E-state index < -0.39 is 6.17 Å². The smallest absolute Gasteiger partial charge is 0.164 e. The minimum Gasteiger partial charge on any atom is -0.508 e. The first kappa shape index (κ1) is 23.2. The third-order valence-corrected chi connectivity index (χ3v) is 6.55. The van der Waals surface area contributed by atoms with Gasteiger partial charge in [0.15, 0.2) is 5.65 Å². The van der Waals surface area contributed by atoms with Gasteiger partial charge in [-0.15, -0.1) is 6.42 Å². The fourth-order valence-corrected chi connectivity index (χ4v) is 4.67. The molecule has 3 heterocycles. The van der Waals surface area contributed by atoms with E-state index >= 15 is 0 Å². The van der Waals surface area contributed by atoms with Crippen LogP contribution in [-0.4, -0.2) is 35.9 Å². The van der Waals surface area contributed by atoms with Gasteiger partial charge in [0, 0.05) is 34.7 Å². The van der Waals surface area contributed by atoms with Gasteiger partial charge < -0.3 is 15.7 Å². The van der Waals surface area contributed by atoms with Crippen molar-refractivity contribution in [3.8, 4) is 29.4 Å². The molecule has 186 valence electrons. The van der Waals surface area contributed by atoms with E-state index in [4.69, 9.17) is 22.2 Å². The highest BCUT2D eigenvalue weighted by molar-refractivity contribution is 5.98. The molecule has 5 aromatic rings. The minimum absolute atomic E-state index is 0.145. The third-order valence-electron chi connectivity index (χ3n) is 6.55. The molecule has 6 rings (SSSR count). The first-order valence-corrected chi connectivity index (χ1v) is 11.9. The number of aromatic hydroxyl groups is 1. The predicted molar refractivity (Wildman–Crippen MR) is 142 cm³/mol. The van der Waals surface area contributed by atoms with Crippen LogP contribution in [0.4, 0.5) is 10.2 Å². The van der Waals surface area contributed by atoms with Crippen molar-refractivity contribution in [2.24, 2.45) is 4.99 Å². The van der Waals surface area contributed by atoms with Gasteiger partial charge >= 0.3 is 0 Å². The molecule has 1 atom stereocenters. The van der Waals surface area contributed by atoms with Crippen LogP contribution in [0.2, 0.25) is 0 Å². The molecule has 2 aromatic heterocycles. The van der Waals surface area contributed by atoms with E-state index in [1.54, 1.807) is 47.1 Å². The van der Waals surface area contributed by atoms with Crippen LogP contribution in [0, 0.1) is 18.2 Å². The van der Waals surface area contributed by atoms with Crippen molar-refractivity contribution in [3.63, 3.8) is 0 Å². The zero-order valence-electron chi connectivity index (χ0n) is 20.2. The van der Waals surface area contributed by atoms with E-state index in [1.807, 2.05) is 29.3 Å². The Labute approximate surface area is 217 Å². The summed E-state index contributed by atoms with van der Waals surface area (Å²) in [6.45, 7) is 0.579. The highest BCUT2D eigenvalue weighted by atomic mass is 19.1. The quantitative estimate of drug-likeness (QED) is 0.358. The van der Waals surface area contributed by atoms with Crippen molar-refractivity contribution in [2.75, 3.05) is 5.73 Å². The Morgan fingerprint density at radius 2 is 1.84 bits per heavy atom. The number of phenols is 1. The molecule has 0 amide bonds. The molecule has 0 saturated heterocycles. The Bertz CT molecular complexity index is 1840. The third kappa shape index (κ3) is 4.08. The molecule has 3 aromatic carbocycles. The Morgan fingerprint density at radius 3 is 2.63 bits per heavy atom. The van der Waals surface area contributed by atoms with Crippen LogP contribution >= 0.6 is 0 Å². The number of halogens is 1. The number of fused-ring (bicyclic) bond motifs is 2. The normalized spacial score (nSPS) is 14.4. The van der Waals surface area contributed by atoms with Crippen LogP contribution in [0.5, 0.6) is 5.75 Å². The van der Waals surface area contributed by atoms with Crippen LogP contribution in [0.3, 0.4) is 0 Å². The second kappa shape index (κ2) is 9.33. The first-order valence-electron chi connectivity index (χ1n) is 11.9. The van der Waals surface area contributed by atoms with Gasteiger partial charge in [-0.05, 0) is 42.5 Å². The number of hydrogen-bond donors (Lipinski definition) is 2. The number of nitrogens with zero attached hydrogens (tertiary/aromatic N) is 6. The Balaban J connectivity index is 1.48. The zero-order valence-corrected chi connectivity index (χ0v) is 20.2. The summed E-state index contributed by atoms with van der Waals surface area (Å²) in [7, 11) is 0. The molecular formula is C29H22FN7O. The Hall–Kier alpha value is -5.23. The lowest BCUT2D eigenvalue weighted by atomic mass is 10.1. The van der Waals surface area contributed by atoms with Crippen LogP contribution < -0.4 is 16.3 Å². The summed E-state index contributed by atoms with van der Waals surface area (Å²) < 4.78 is 16.4. The number of nitrogens with two attached hydrogens (primary N) is 1. The molecule has 0 spiro atoms. The van der Waals surface area contributed by atoms with Gasteiger partial charge in [-0.25, -0.2) is 19.0 Å². The summed E-state index contributed by atoms with van der Waals surface area (Å²) >= 11 is 0. The second-order valence-electron chi connectivity index (χ2n) is 8.92. The molecule has 0 radical (unpaired) electrons. The first-order chi connectivity index (χ1) is 18.5. The van der Waals surface area contributed by atoms with Gasteiger partial charge in [0.05, 0.1) is 17.3 Å². The van der Waals surface area contributed by atoms with Crippen LogP contribution in [-0.2, 0) is 13.1 Å². The van der Waals surface area contributed by atoms with Gasteiger partial charge in [-0.3, -0.25) is 4.99 Å². The second-order valence-corrected chi connectivity index (χ2v) is 8.92. The van der Waals surface area contributed by atoms with Crippen LogP contribution in [0.1, 0.15) is 11.1 Å². The minimum atomic E-state index is -0.443. The number of benzene rings is 3. The van der Waals surface area contributed by atoms with E-state index in [-0.39, 0.29) is 18.1 Å². The summed E-state index contributed by atoms with van der Waals surface area (Å²) in [5, 5.41) is 16.7. The van der Waals surface area contributed by atoms with Gasteiger partial charge in [0.2, 0.25) is 0 Å². The van der Waals surface area contributed by atoms with Gasteiger partial charge in [0.1, 0.15) is 35.6 Å². The molecule has 38 heavy (non-hydrogen) atoms. The molecule has 3 N–H and O–H groups in total. The highest BCUT2D eigenvalue weighted by Crippen LogP contribution is 2.31. The number of terminal acetylenes is 1. The maximum atomic E-state index is 14.6. The SMILES string of the molecule is C#Cc1cccc2c1=CN(Cc1ccccc1F)C(Cn1nc(-c3ccc(O)cc3)c3c(N)ncnc31)N=2. The zero-order chi connectivity index (χ0) is 26.2. The maximum absolute atomic E-state index is 14.6. The van der Waals surface area contributed by atoms with E-state index in [1.165, 1.54) is 12.4 Å². The lowest BCUT2D eigenvalue weighted by Gasteiger charge is -2.30. The standard InChI is InChI=1S/C29H22FN7O/c1-2-18-7-5-9-24-22(18)15-36(14-20-6-3-4-8-23(20)30)25(34-24)16-37-29-26(28(31)32-17-33-29)27(35-37)19-10-12-21(38)13-11-19/h1,3-13,15,17,25,38H,14,16H2,(H2,31,32,33). The van der Waals surface area contributed by atoms with Crippen LogP contribution in [0.15, 0.2) is 78.0 Å². The fourth-order valence-electron chi connectivity index (χ4n) is 4.67. The molecular weight excluding hydrogens is 481 g/mol. The summed E-state index contributed by atoms with van der Waals surface area (Å²) in [6.07, 6.45) is 8.64. The number of nitrogen functional groups attached to an aromatic ring is 1. The number of hydrogen-bond acceptors (Lipinski definition) is 7. The van der Waals surface area contributed by atoms with Crippen molar-refractivity contribution in [1.29, 1.82) is 0 Å². The molecule has 0 fully saturated rings. The molecule has 0 saturated carbocycles. The van der Waals surface area contributed by atoms with Crippen molar-refractivity contribution >= 4 is 23.1 Å². The molecule has 0 bridgehead atoms. The molecule has 1 aliphatic heterocycles. The van der Waals surface area contributed by atoms with Crippen molar-refractivity contribution in [2.45, 2.75) is 19.3 Å². The topological polar surface area (TPSA) is 105 Å². The summed E-state index contributed by atoms with van der Waals surface area (Å²) in [6, 6.07) is 19.0. The lowest BCUT2D eigenvalue weighted by molar-refractivity contribution is 0.257. The van der Waals surface area contributed by atoms with Gasteiger partial charge in [0.25, 0.3) is 0 Å². The number of phenolic OH excluding ortho intramolecular Hbond substituents is 1. The number of aromatic nitrogens is 4. The summed E-state index contributed by atoms with van der Waals surface area (Å²) in [4.78, 5) is 15.6. The molecule has 8 nitrogen and oxygen atoms in total. The molecule has 0 aliphatic carbocycles. The van der Waals surface area contributed by atoms with E-state index in [0.717, 1.165) is 16.1 Å². The van der Waals surface area contributed by atoms with Gasteiger partial charge in [-0.2, -0.15) is 5.10 Å². The van der Waals surface area contributed by atoms with Crippen molar-refractivity contribution in [3.05, 3.63) is 101 Å². The maximum Gasteiger partial charge on any atom is 0.164 e. The van der Waals surface area contributed by atoms with Crippen molar-refractivity contribution in [1.82, 2.24) is 24.6 Å². The van der Waals surface area contributed by atoms with E-state index in [2.05, 4.69) is 15.9 Å². The molecule has 1 aliphatic rings. The van der Waals surface area contributed by atoms with Crippen LogP contribution in [0.25, 0.3) is 28.5 Å². The highest BCUT2D eigenvalue weighted by Gasteiger charge is 2.24. The summed E-state index contributed by atoms with van der Waals surface area (Å²) in [5.41, 5.74) is 9.40. The Kier molecular flexibility index (Phi) is 5.69. The molecule has 9 heteroatoms. The van der Waals surface area contributed by atoms with E-state index in [9.17, 15) is 9.50 Å². The van der Waals surface area contributed by atoms with Crippen molar-refractivity contribution < 1.29 is 9.50 Å². The van der Waals surface area contributed by atoms with E-state index in [0.29, 0.717) is 40.2 Å². The Morgan fingerprint density at radius 1 is 1.03 bits per heavy atom. The average molecular weight is 504 g/mol. The summed E-state index contributed by atoms with van der Waals surface area (Å²) in [5.74, 6) is 2.86. The fraction of sp³-hybridized carbons (Fsp3) is 0.103. The molecule has 1 unspecified atom stereocenters. The monoisotopic (exact) mass is 503 g/mol. The lowest BCUT2D eigenvalue weighted by Crippen LogP contribution is -2.44. The predicted octanol–water partition coefficient (Wildman–Crippen LogP) is 2.80. The number of anilines is 1. The average Bonchev–Trinajstić information content (AvgIpc) is 3.30. The largest absolute Gasteiger partial charge is 0.508 e. The van der Waals surface area contributed by atoms with Gasteiger partial charge in [-0.1, -0.05) is 30.2 Å². The number of rotatable bonds is 5.